The standard InChI is InChI=1S/C20H22ClN7O/c1-29-15-6-4-14(5-7-15)27-9-11-28(12-10-27)20-17(22)19(24-13-25-20)26-16-3-2-8-23-18(16)21/h2-8,13H,9-12,22H2,1H3,(H,24,25,26). The SMILES string of the molecule is COc1ccc(N2CCN(c3ncnc(Nc4cccnc4Cl)c3N)CC2)cc1. The minimum absolute atomic E-state index is 0.361. The molecule has 0 amide bonds. The second kappa shape index (κ2) is 8.40. The summed E-state index contributed by atoms with van der Waals surface area (Å²) in [6.07, 6.45) is 3.14. The number of nitrogens with zero attached hydrogens (tertiary/aromatic N) is 5. The monoisotopic (exact) mass is 411 g/mol. The Morgan fingerprint density at radius 3 is 2.41 bits per heavy atom. The molecule has 150 valence electrons. The van der Waals surface area contributed by atoms with Crippen LogP contribution in [0.2, 0.25) is 5.15 Å². The number of nitrogen functional groups attached to an aromatic ring is 1. The van der Waals surface area contributed by atoms with Gasteiger partial charge in [0.2, 0.25) is 0 Å². The van der Waals surface area contributed by atoms with Crippen LogP contribution in [0.25, 0.3) is 0 Å². The van der Waals surface area contributed by atoms with Crippen LogP contribution in [-0.4, -0.2) is 48.2 Å². The zero-order valence-electron chi connectivity index (χ0n) is 16.0. The molecule has 1 aromatic carbocycles. The van der Waals surface area contributed by atoms with E-state index in [2.05, 4.69) is 42.2 Å². The van der Waals surface area contributed by atoms with Gasteiger partial charge in [-0.15, -0.1) is 0 Å². The van der Waals surface area contributed by atoms with Crippen molar-refractivity contribution in [2.45, 2.75) is 0 Å². The minimum Gasteiger partial charge on any atom is -0.497 e. The molecule has 3 heterocycles. The maximum absolute atomic E-state index is 6.37. The summed E-state index contributed by atoms with van der Waals surface area (Å²) in [5, 5.41) is 3.51. The summed E-state index contributed by atoms with van der Waals surface area (Å²) >= 11 is 6.13. The van der Waals surface area contributed by atoms with Crippen molar-refractivity contribution in [1.82, 2.24) is 15.0 Å². The molecule has 4 rings (SSSR count). The second-order valence-electron chi connectivity index (χ2n) is 6.60. The first kappa shape index (κ1) is 19.1. The van der Waals surface area contributed by atoms with Crippen molar-refractivity contribution in [2.24, 2.45) is 0 Å². The van der Waals surface area contributed by atoms with Crippen molar-refractivity contribution in [3.8, 4) is 5.75 Å². The molecule has 0 spiro atoms. The van der Waals surface area contributed by atoms with Gasteiger partial charge in [-0.25, -0.2) is 15.0 Å². The van der Waals surface area contributed by atoms with Crippen LogP contribution in [0.15, 0.2) is 48.9 Å². The van der Waals surface area contributed by atoms with E-state index in [0.717, 1.165) is 37.7 Å². The molecule has 0 unspecified atom stereocenters. The number of anilines is 5. The van der Waals surface area contributed by atoms with Crippen LogP contribution in [0.4, 0.5) is 28.7 Å². The van der Waals surface area contributed by atoms with E-state index >= 15 is 0 Å². The van der Waals surface area contributed by atoms with Crippen molar-refractivity contribution in [3.63, 3.8) is 0 Å². The minimum atomic E-state index is 0.361. The van der Waals surface area contributed by atoms with Gasteiger partial charge in [-0.05, 0) is 36.4 Å². The lowest BCUT2D eigenvalue weighted by molar-refractivity contribution is 0.415. The predicted octanol–water partition coefficient (Wildman–Crippen LogP) is 3.19. The van der Waals surface area contributed by atoms with Crippen LogP contribution in [0, 0.1) is 0 Å². The summed E-state index contributed by atoms with van der Waals surface area (Å²) in [4.78, 5) is 17.2. The van der Waals surface area contributed by atoms with Gasteiger partial charge in [0, 0.05) is 38.1 Å². The van der Waals surface area contributed by atoms with E-state index in [0.29, 0.717) is 22.3 Å². The van der Waals surface area contributed by atoms with Crippen LogP contribution in [0.5, 0.6) is 5.75 Å². The van der Waals surface area contributed by atoms with Crippen LogP contribution in [0.1, 0.15) is 0 Å². The van der Waals surface area contributed by atoms with E-state index < -0.39 is 0 Å². The largest absolute Gasteiger partial charge is 0.497 e. The quantitative estimate of drug-likeness (QED) is 0.618. The molecule has 8 nitrogen and oxygen atoms in total. The van der Waals surface area contributed by atoms with Crippen molar-refractivity contribution in [2.75, 3.05) is 54.1 Å². The van der Waals surface area contributed by atoms with Crippen LogP contribution >= 0.6 is 11.6 Å². The molecule has 0 bridgehead atoms. The number of methoxy groups -OCH3 is 1. The highest BCUT2D eigenvalue weighted by atomic mass is 35.5. The van der Waals surface area contributed by atoms with Gasteiger partial charge < -0.3 is 25.6 Å². The van der Waals surface area contributed by atoms with Crippen molar-refractivity contribution < 1.29 is 4.74 Å². The van der Waals surface area contributed by atoms with E-state index in [-0.39, 0.29) is 0 Å². The van der Waals surface area contributed by atoms with E-state index in [4.69, 9.17) is 22.1 Å². The third kappa shape index (κ3) is 4.12. The number of rotatable bonds is 5. The first-order valence-corrected chi connectivity index (χ1v) is 9.65. The van der Waals surface area contributed by atoms with Gasteiger partial charge in [-0.3, -0.25) is 0 Å². The Hall–Kier alpha value is -3.26. The Morgan fingerprint density at radius 1 is 1.00 bits per heavy atom. The number of ether oxygens (including phenoxy) is 1. The fourth-order valence-electron chi connectivity index (χ4n) is 3.31. The van der Waals surface area contributed by atoms with Gasteiger partial charge in [0.1, 0.15) is 17.8 Å². The number of hydrogen-bond acceptors (Lipinski definition) is 8. The summed E-state index contributed by atoms with van der Waals surface area (Å²) < 4.78 is 5.23. The zero-order valence-corrected chi connectivity index (χ0v) is 16.8. The molecular formula is C20H22ClN7O. The predicted molar refractivity (Wildman–Crippen MR) is 116 cm³/mol. The van der Waals surface area contributed by atoms with Crippen LogP contribution < -0.4 is 25.6 Å². The van der Waals surface area contributed by atoms with E-state index in [1.807, 2.05) is 18.2 Å². The molecule has 3 aromatic rings. The van der Waals surface area contributed by atoms with Gasteiger partial charge in [-0.2, -0.15) is 0 Å². The van der Waals surface area contributed by atoms with E-state index in [1.165, 1.54) is 12.0 Å². The number of halogens is 1. The van der Waals surface area contributed by atoms with Gasteiger partial charge >= 0.3 is 0 Å². The molecule has 1 fully saturated rings. The third-order valence-corrected chi connectivity index (χ3v) is 5.19. The average Bonchev–Trinajstić information content (AvgIpc) is 2.77. The smallest absolute Gasteiger partial charge is 0.159 e. The number of nitrogens with two attached hydrogens (primary N) is 1. The molecule has 9 heteroatoms. The molecule has 1 aliphatic heterocycles. The van der Waals surface area contributed by atoms with Gasteiger partial charge in [0.15, 0.2) is 16.8 Å². The van der Waals surface area contributed by atoms with Crippen LogP contribution in [-0.2, 0) is 0 Å². The Balaban J connectivity index is 1.46. The molecule has 0 saturated carbocycles. The molecular weight excluding hydrogens is 390 g/mol. The Kier molecular flexibility index (Phi) is 5.53. The lowest BCUT2D eigenvalue weighted by atomic mass is 10.2. The number of pyridine rings is 1. The lowest BCUT2D eigenvalue weighted by Gasteiger charge is -2.37. The molecule has 1 saturated heterocycles. The average molecular weight is 412 g/mol. The Bertz CT molecular complexity index is 975. The number of aromatic nitrogens is 3. The summed E-state index contributed by atoms with van der Waals surface area (Å²) in [5.74, 6) is 2.09. The van der Waals surface area contributed by atoms with Gasteiger partial charge in [-0.1, -0.05) is 11.6 Å². The number of benzene rings is 1. The fourth-order valence-corrected chi connectivity index (χ4v) is 3.48. The molecule has 0 radical (unpaired) electrons. The van der Waals surface area contributed by atoms with E-state index in [9.17, 15) is 0 Å². The summed E-state index contributed by atoms with van der Waals surface area (Å²) in [6, 6.07) is 11.7. The van der Waals surface area contributed by atoms with Crippen molar-refractivity contribution in [3.05, 3.63) is 54.1 Å². The Morgan fingerprint density at radius 2 is 1.72 bits per heavy atom. The van der Waals surface area contributed by atoms with Crippen LogP contribution in [0.3, 0.4) is 0 Å². The van der Waals surface area contributed by atoms with E-state index in [1.54, 1.807) is 19.4 Å². The van der Waals surface area contributed by atoms with Gasteiger partial charge in [0.05, 0.1) is 12.8 Å². The highest BCUT2D eigenvalue weighted by Gasteiger charge is 2.22. The zero-order chi connectivity index (χ0) is 20.2. The highest BCUT2D eigenvalue weighted by molar-refractivity contribution is 6.32. The molecule has 2 aromatic heterocycles. The highest BCUT2D eigenvalue weighted by Crippen LogP contribution is 2.31. The first-order valence-electron chi connectivity index (χ1n) is 9.27. The number of hydrogen-bond donors (Lipinski definition) is 2. The summed E-state index contributed by atoms with van der Waals surface area (Å²) in [6.45, 7) is 3.35. The van der Waals surface area contributed by atoms with Crippen molar-refractivity contribution in [1.29, 1.82) is 0 Å². The molecule has 3 N–H and O–H groups in total. The number of nitrogens with one attached hydrogen (secondary N) is 1. The normalized spacial score (nSPS) is 14.0. The maximum atomic E-state index is 6.37. The lowest BCUT2D eigenvalue weighted by Crippen LogP contribution is -2.47. The third-order valence-electron chi connectivity index (χ3n) is 4.89. The van der Waals surface area contributed by atoms with Crippen molar-refractivity contribution >= 4 is 40.3 Å². The Labute approximate surface area is 174 Å². The first-order chi connectivity index (χ1) is 14.2. The summed E-state index contributed by atoms with van der Waals surface area (Å²) in [5.41, 5.74) is 8.68. The number of piperazine rings is 1. The van der Waals surface area contributed by atoms with Gasteiger partial charge in [0.25, 0.3) is 0 Å². The molecule has 1 aliphatic rings. The second-order valence-corrected chi connectivity index (χ2v) is 6.96. The molecule has 0 aliphatic carbocycles. The maximum Gasteiger partial charge on any atom is 0.159 e. The summed E-state index contributed by atoms with van der Waals surface area (Å²) in [7, 11) is 1.67. The topological polar surface area (TPSA) is 92.4 Å². The molecule has 0 atom stereocenters. The fraction of sp³-hybridized carbons (Fsp3) is 0.250. The molecule has 29 heavy (non-hydrogen) atoms.